The number of nitrogens with zero attached hydrogens (tertiary/aromatic N) is 3. The largest absolute Gasteiger partial charge is 0.506 e. The number of ether oxygens (including phenoxy) is 1. The second-order valence-corrected chi connectivity index (χ2v) is 10.9. The third-order valence-corrected chi connectivity index (χ3v) is 8.11. The number of hydrogen-bond donors (Lipinski definition) is 1. The van der Waals surface area contributed by atoms with Gasteiger partial charge in [0.25, 0.3) is 0 Å². The highest BCUT2D eigenvalue weighted by Gasteiger charge is 2.42. The molecule has 40 heavy (non-hydrogen) atoms. The smallest absolute Gasteiger partial charge is 0.219 e. The van der Waals surface area contributed by atoms with Gasteiger partial charge in [-0.05, 0) is 80.1 Å². The van der Waals surface area contributed by atoms with Crippen LogP contribution in [-0.4, -0.2) is 22.0 Å². The second kappa shape index (κ2) is 9.53. The number of aromatic nitrogens is 1. The minimum atomic E-state index is 0.138. The van der Waals surface area contributed by atoms with E-state index in [0.717, 1.165) is 29.6 Å². The molecule has 0 saturated carbocycles. The van der Waals surface area contributed by atoms with Crippen LogP contribution in [0.1, 0.15) is 45.8 Å². The summed E-state index contributed by atoms with van der Waals surface area (Å²) in [7, 11) is 0. The van der Waals surface area contributed by atoms with E-state index in [1.807, 2.05) is 42.5 Å². The van der Waals surface area contributed by atoms with Gasteiger partial charge in [0.05, 0.1) is 12.1 Å². The highest BCUT2D eigenvalue weighted by molar-refractivity contribution is 6.13. The molecule has 1 aromatic heterocycles. The van der Waals surface area contributed by atoms with E-state index in [1.165, 1.54) is 33.5 Å². The molecule has 4 aromatic carbocycles. The van der Waals surface area contributed by atoms with Crippen LogP contribution in [0.2, 0.25) is 0 Å². The number of pyridine rings is 1. The number of aliphatic imine (C=N–C) groups is 1. The Labute approximate surface area is 234 Å². The number of amidine groups is 1. The average molecular weight is 526 g/mol. The van der Waals surface area contributed by atoms with Crippen molar-refractivity contribution in [1.29, 1.82) is 0 Å². The van der Waals surface area contributed by atoms with Crippen molar-refractivity contribution in [3.8, 4) is 17.4 Å². The summed E-state index contributed by atoms with van der Waals surface area (Å²) < 4.78 is 6.23. The van der Waals surface area contributed by atoms with Crippen LogP contribution in [0.4, 0.5) is 5.69 Å². The van der Waals surface area contributed by atoms with E-state index < -0.39 is 0 Å². The molecule has 0 spiro atoms. The molecule has 2 atom stereocenters. The van der Waals surface area contributed by atoms with Crippen molar-refractivity contribution >= 4 is 22.4 Å². The maximum absolute atomic E-state index is 10.3. The van der Waals surface area contributed by atoms with Crippen LogP contribution >= 0.6 is 0 Å². The van der Waals surface area contributed by atoms with Crippen molar-refractivity contribution in [1.82, 2.24) is 4.98 Å². The molecule has 5 nitrogen and oxygen atoms in total. The number of anilines is 1. The van der Waals surface area contributed by atoms with Gasteiger partial charge in [-0.1, -0.05) is 66.2 Å². The number of rotatable bonds is 4. The fourth-order valence-electron chi connectivity index (χ4n) is 6.52. The van der Waals surface area contributed by atoms with Crippen LogP contribution in [0.15, 0.2) is 96.0 Å². The molecule has 1 aliphatic heterocycles. The Morgan fingerprint density at radius 3 is 2.50 bits per heavy atom. The van der Waals surface area contributed by atoms with E-state index >= 15 is 0 Å². The van der Waals surface area contributed by atoms with E-state index in [2.05, 4.69) is 73.1 Å². The van der Waals surface area contributed by atoms with Crippen LogP contribution in [0.3, 0.4) is 0 Å². The van der Waals surface area contributed by atoms with Crippen LogP contribution in [0.25, 0.3) is 10.9 Å². The van der Waals surface area contributed by atoms with Crippen LogP contribution in [0.5, 0.6) is 17.4 Å². The van der Waals surface area contributed by atoms with Crippen LogP contribution in [-0.2, 0) is 6.42 Å². The highest BCUT2D eigenvalue weighted by atomic mass is 16.5. The monoisotopic (exact) mass is 525 g/mol. The Hall–Kier alpha value is -4.64. The predicted molar refractivity (Wildman–Crippen MR) is 161 cm³/mol. The molecule has 2 heterocycles. The van der Waals surface area contributed by atoms with Gasteiger partial charge in [-0.3, -0.25) is 4.99 Å². The summed E-state index contributed by atoms with van der Waals surface area (Å²) in [5.74, 6) is 2.22. The van der Waals surface area contributed by atoms with Gasteiger partial charge in [-0.15, -0.1) is 0 Å². The Morgan fingerprint density at radius 2 is 1.65 bits per heavy atom. The minimum absolute atomic E-state index is 0.138. The van der Waals surface area contributed by atoms with Crippen molar-refractivity contribution in [2.45, 2.75) is 45.7 Å². The van der Waals surface area contributed by atoms with Crippen molar-refractivity contribution in [3.63, 3.8) is 0 Å². The molecule has 1 aliphatic carbocycles. The molecule has 0 radical (unpaired) electrons. The molecular weight excluding hydrogens is 494 g/mol. The van der Waals surface area contributed by atoms with E-state index in [1.54, 1.807) is 6.07 Å². The number of aryl methyl sites for hydroxylation is 4. The van der Waals surface area contributed by atoms with Gasteiger partial charge in [0.15, 0.2) is 0 Å². The van der Waals surface area contributed by atoms with Crippen LogP contribution < -0.4 is 9.64 Å². The molecule has 0 amide bonds. The van der Waals surface area contributed by atoms with Crippen molar-refractivity contribution in [2.24, 2.45) is 4.99 Å². The van der Waals surface area contributed by atoms with Crippen molar-refractivity contribution < 1.29 is 9.84 Å². The quantitative estimate of drug-likeness (QED) is 0.258. The minimum Gasteiger partial charge on any atom is -0.506 e. The molecule has 2 aliphatic rings. The van der Waals surface area contributed by atoms with Crippen LogP contribution in [0, 0.1) is 20.8 Å². The summed E-state index contributed by atoms with van der Waals surface area (Å²) >= 11 is 0. The Balaban J connectivity index is 1.31. The first kappa shape index (κ1) is 24.4. The maximum Gasteiger partial charge on any atom is 0.219 e. The predicted octanol–water partition coefficient (Wildman–Crippen LogP) is 7.98. The van der Waals surface area contributed by atoms with Crippen molar-refractivity contribution in [2.75, 3.05) is 4.90 Å². The fraction of sp³-hybridized carbons (Fsp3) is 0.200. The zero-order valence-corrected chi connectivity index (χ0v) is 22.9. The third-order valence-electron chi connectivity index (χ3n) is 8.11. The first-order valence-corrected chi connectivity index (χ1v) is 13.9. The number of phenols is 1. The summed E-state index contributed by atoms with van der Waals surface area (Å²) in [6.07, 6.45) is 2.06. The standard InChI is InChI=1S/C35H31N3O2/c1-21-18-22(2)33(23(3)19-21)38-34-28-12-5-4-8-24(28)14-16-29(34)36-35(38)26-10-6-11-27(20-26)40-31-17-15-25-9-7-13-30(39)32(25)37-31/h4-13,15,17-20,29,34,39H,14,16H2,1-3H3/t29-,34-/m0/s1. The SMILES string of the molecule is Cc1cc(C)c(N2C(c3cccc(Oc4ccc5cccc(O)c5n4)c3)=N[C@H]3CCc4ccccc4[C@@H]32)c(C)c1. The van der Waals surface area contributed by atoms with Gasteiger partial charge in [-0.2, -0.15) is 0 Å². The number of phenolic OH excluding ortho intramolecular Hbond substituents is 1. The third kappa shape index (κ3) is 4.10. The molecule has 1 N–H and O–H groups in total. The van der Waals surface area contributed by atoms with Crippen molar-refractivity contribution in [3.05, 3.63) is 124 Å². The molecule has 7 rings (SSSR count). The molecule has 0 saturated heterocycles. The van der Waals surface area contributed by atoms with Gasteiger partial charge >= 0.3 is 0 Å². The number of hydrogen-bond acceptors (Lipinski definition) is 5. The summed E-state index contributed by atoms with van der Waals surface area (Å²) in [4.78, 5) is 12.4. The molecule has 198 valence electrons. The first-order valence-electron chi connectivity index (χ1n) is 13.9. The molecule has 0 fully saturated rings. The van der Waals surface area contributed by atoms with Gasteiger partial charge in [0.2, 0.25) is 5.88 Å². The summed E-state index contributed by atoms with van der Waals surface area (Å²) in [5.41, 5.74) is 9.30. The lowest BCUT2D eigenvalue weighted by Crippen LogP contribution is -2.37. The molecular formula is C35H31N3O2. The number of benzene rings is 4. The lowest BCUT2D eigenvalue weighted by atomic mass is 9.83. The topological polar surface area (TPSA) is 58.0 Å². The molecule has 0 unspecified atom stereocenters. The zero-order chi connectivity index (χ0) is 27.4. The zero-order valence-electron chi connectivity index (χ0n) is 22.9. The fourth-order valence-corrected chi connectivity index (χ4v) is 6.52. The molecule has 5 heteroatoms. The van der Waals surface area contributed by atoms with Gasteiger partial charge in [-0.25, -0.2) is 4.98 Å². The van der Waals surface area contributed by atoms with Gasteiger partial charge in [0, 0.05) is 22.7 Å². The Kier molecular flexibility index (Phi) is 5.81. The summed E-state index contributed by atoms with van der Waals surface area (Å²) in [6.45, 7) is 6.56. The summed E-state index contributed by atoms with van der Waals surface area (Å²) in [5, 5.41) is 11.1. The molecule has 5 aromatic rings. The number of aromatic hydroxyl groups is 1. The van der Waals surface area contributed by atoms with E-state index in [9.17, 15) is 5.11 Å². The summed E-state index contributed by atoms with van der Waals surface area (Å²) in [6, 6.07) is 30.9. The number of fused-ring (bicyclic) bond motifs is 4. The first-order chi connectivity index (χ1) is 19.5. The maximum atomic E-state index is 10.3. The van der Waals surface area contributed by atoms with Gasteiger partial charge < -0.3 is 14.7 Å². The van der Waals surface area contributed by atoms with E-state index in [4.69, 9.17) is 9.73 Å². The lowest BCUT2D eigenvalue weighted by Gasteiger charge is -2.36. The highest BCUT2D eigenvalue weighted by Crippen LogP contribution is 2.46. The normalized spacial score (nSPS) is 17.9. The molecule has 0 bridgehead atoms. The van der Waals surface area contributed by atoms with E-state index in [-0.39, 0.29) is 17.8 Å². The number of para-hydroxylation sites is 1. The average Bonchev–Trinajstić information content (AvgIpc) is 3.33. The van der Waals surface area contributed by atoms with Gasteiger partial charge in [0.1, 0.15) is 22.9 Å². The van der Waals surface area contributed by atoms with E-state index in [0.29, 0.717) is 17.1 Å². The second-order valence-electron chi connectivity index (χ2n) is 10.9. The Morgan fingerprint density at radius 1 is 0.850 bits per heavy atom. The lowest BCUT2D eigenvalue weighted by molar-refractivity contribution is 0.460. The Bertz CT molecular complexity index is 1790.